The zero-order valence-corrected chi connectivity index (χ0v) is 70.9. The molecule has 8 bridgehead atoms. The van der Waals surface area contributed by atoms with Gasteiger partial charge in [0.1, 0.15) is 0 Å². The van der Waals surface area contributed by atoms with E-state index < -0.39 is 0 Å². The first kappa shape index (κ1) is 87.6. The minimum absolute atomic E-state index is 0.155. The minimum Gasteiger partial charge on any atom is -0.0620 e. The largest absolute Gasteiger partial charge is 0.0620 e. The molecule has 0 amide bonds. The fraction of sp³-hybridized carbons (Fsp3) is 1.00. The van der Waals surface area contributed by atoms with Crippen LogP contribution in [0.25, 0.3) is 0 Å². The zero-order valence-electron chi connectivity index (χ0n) is 70.9. The zero-order chi connectivity index (χ0) is 70.9. The van der Waals surface area contributed by atoms with E-state index in [4.69, 9.17) is 0 Å². The molecule has 5 saturated carbocycles. The molecule has 0 nitrogen and oxygen atoms in total. The maximum atomic E-state index is 3.11. The highest BCUT2D eigenvalue weighted by Crippen LogP contribution is 2.73. The van der Waals surface area contributed by atoms with Crippen molar-refractivity contribution in [3.05, 3.63) is 0 Å². The SMILES string of the molecule is CC1C(C)C(C)C(C)C(C)C(C)C2CCCCCCCCCCCC(C)(C(C)(C)C(C)C(C)C(C)C(C)C(C)C1C)C1(C)CCCCCCCCCCCC2C2CCCCCCCCCCCC1(C)C1(C)CCCCCCCCCCCC2CCCCCCCCCCCCC1C. The maximum absolute atomic E-state index is 3.11. The smallest absolute Gasteiger partial charge is 0.0208 e. The van der Waals surface area contributed by atoms with Crippen molar-refractivity contribution >= 4 is 0 Å². The molecule has 5 aliphatic carbocycles. The average Bonchev–Trinajstić information content (AvgIpc) is 0.694. The van der Waals surface area contributed by atoms with Gasteiger partial charge < -0.3 is 0 Å². The van der Waals surface area contributed by atoms with E-state index in [9.17, 15) is 0 Å². The minimum atomic E-state index is 0.155. The third-order valence-corrected chi connectivity index (χ3v) is 35.2. The molecule has 0 aliphatic heterocycles. The van der Waals surface area contributed by atoms with Crippen LogP contribution < -0.4 is 0 Å². The first-order chi connectivity index (χ1) is 46.4. The quantitative estimate of drug-likeness (QED) is 0.227. The van der Waals surface area contributed by atoms with E-state index in [1.165, 1.54) is 340 Å². The Balaban J connectivity index is 1.92. The number of hydrogen-bond acceptors (Lipinski definition) is 0. The summed E-state index contributed by atoms with van der Waals surface area (Å²) in [6.45, 7) is 54.6. The molecule has 574 valence electrons. The van der Waals surface area contributed by atoms with E-state index in [1.807, 2.05) is 0 Å². The second-order valence-electron chi connectivity index (χ2n) is 40.0. The highest BCUT2D eigenvalue weighted by atomic mass is 14.7. The van der Waals surface area contributed by atoms with E-state index in [0.29, 0.717) is 41.4 Å². The first-order valence-electron chi connectivity index (χ1n) is 46.4. The van der Waals surface area contributed by atoms with E-state index in [-0.39, 0.29) is 27.1 Å². The van der Waals surface area contributed by atoms with Gasteiger partial charge in [0.05, 0.1) is 0 Å². The molecule has 5 fully saturated rings. The third-order valence-electron chi connectivity index (χ3n) is 35.2. The van der Waals surface area contributed by atoms with Gasteiger partial charge in [-0.1, -0.05) is 446 Å². The molecule has 97 heavy (non-hydrogen) atoms. The van der Waals surface area contributed by atoms with Gasteiger partial charge in [0.15, 0.2) is 0 Å². The van der Waals surface area contributed by atoms with Gasteiger partial charge in [0.2, 0.25) is 0 Å². The van der Waals surface area contributed by atoms with Crippen LogP contribution in [0, 0.1) is 128 Å². The van der Waals surface area contributed by atoms with Crippen LogP contribution in [0.2, 0.25) is 0 Å². The van der Waals surface area contributed by atoms with Crippen LogP contribution in [0.15, 0.2) is 0 Å². The summed E-state index contributed by atoms with van der Waals surface area (Å²) in [5.41, 5.74) is 1.000. The molecule has 5 rings (SSSR count). The Bertz CT molecular complexity index is 1940. The summed E-state index contributed by atoms with van der Waals surface area (Å²) in [6, 6.07) is 0. The molecule has 0 aromatic carbocycles. The van der Waals surface area contributed by atoms with Crippen molar-refractivity contribution in [2.24, 2.45) is 128 Å². The summed E-state index contributed by atoms with van der Waals surface area (Å²) in [6.07, 6.45) is 82.5. The van der Waals surface area contributed by atoms with Crippen LogP contribution in [0.4, 0.5) is 0 Å². The second kappa shape index (κ2) is 46.2. The molecule has 0 aromatic heterocycles. The van der Waals surface area contributed by atoms with Gasteiger partial charge in [-0.2, -0.15) is 0 Å². The molecule has 0 radical (unpaired) electrons. The highest BCUT2D eigenvalue weighted by Gasteiger charge is 2.66. The van der Waals surface area contributed by atoms with Gasteiger partial charge in [-0.05, 0) is 173 Å². The van der Waals surface area contributed by atoms with Crippen molar-refractivity contribution in [3.63, 3.8) is 0 Å². The number of fused-ring (bicyclic) bond motifs is 54. The Kier molecular flexibility index (Phi) is 41.7. The highest BCUT2D eigenvalue weighted by molar-refractivity contribution is 5.15. The third kappa shape index (κ3) is 25.3. The Morgan fingerprint density at radius 2 is 0.402 bits per heavy atom. The number of hydrogen-bond donors (Lipinski definition) is 0. The lowest BCUT2D eigenvalue weighted by Gasteiger charge is -2.70. The first-order valence-corrected chi connectivity index (χ1v) is 46.4. The van der Waals surface area contributed by atoms with Gasteiger partial charge in [-0.15, -0.1) is 0 Å². The topological polar surface area (TPSA) is 0 Å². The normalized spacial score (nSPS) is 42.3. The summed E-state index contributed by atoms with van der Waals surface area (Å²) in [5, 5.41) is 0. The lowest BCUT2D eigenvalue weighted by molar-refractivity contribution is -0.216. The second-order valence-corrected chi connectivity index (χ2v) is 40.0. The van der Waals surface area contributed by atoms with Gasteiger partial charge >= 0.3 is 0 Å². The summed E-state index contributed by atoms with van der Waals surface area (Å²) in [4.78, 5) is 0. The van der Waals surface area contributed by atoms with E-state index in [1.54, 1.807) is 19.3 Å². The molecule has 21 atom stereocenters. The maximum Gasteiger partial charge on any atom is -0.0208 e. The van der Waals surface area contributed by atoms with Gasteiger partial charge in [-0.25, -0.2) is 0 Å². The van der Waals surface area contributed by atoms with E-state index in [0.717, 1.165) is 59.2 Å². The summed E-state index contributed by atoms with van der Waals surface area (Å²) < 4.78 is 0. The number of rotatable bonds is 0. The Labute approximate surface area is 615 Å². The average molecular weight is 1350 g/mol. The van der Waals surface area contributed by atoms with Crippen molar-refractivity contribution in [3.8, 4) is 0 Å². The van der Waals surface area contributed by atoms with Gasteiger partial charge in [0, 0.05) is 0 Å². The molecule has 0 N–H and O–H groups in total. The predicted octanol–water partition coefficient (Wildman–Crippen LogP) is 33.7. The Morgan fingerprint density at radius 3 is 0.742 bits per heavy atom. The molecule has 5 aliphatic rings. The Hall–Kier alpha value is 0. The van der Waals surface area contributed by atoms with Crippen LogP contribution in [-0.4, -0.2) is 0 Å². The molecule has 0 heteroatoms. The van der Waals surface area contributed by atoms with E-state index >= 15 is 0 Å². The van der Waals surface area contributed by atoms with E-state index in [2.05, 4.69) is 132 Å². The molecule has 0 heterocycles. The predicted molar refractivity (Wildman–Crippen MR) is 438 cm³/mol. The fourth-order valence-corrected chi connectivity index (χ4v) is 25.0. The van der Waals surface area contributed by atoms with Crippen LogP contribution in [0.3, 0.4) is 0 Å². The summed E-state index contributed by atoms with van der Waals surface area (Å²) in [5.74, 6) is 12.8. The van der Waals surface area contributed by atoms with Crippen molar-refractivity contribution in [2.75, 3.05) is 0 Å². The monoisotopic (exact) mass is 1350 g/mol. The molecule has 0 spiro atoms. The molecular weight excluding hydrogens is 1170 g/mol. The van der Waals surface area contributed by atoms with Gasteiger partial charge in [0.25, 0.3) is 0 Å². The molecule has 21 unspecified atom stereocenters. The van der Waals surface area contributed by atoms with Crippen molar-refractivity contribution < 1.29 is 0 Å². The summed E-state index contributed by atoms with van der Waals surface area (Å²) in [7, 11) is 0. The Morgan fingerprint density at radius 1 is 0.175 bits per heavy atom. The van der Waals surface area contributed by atoms with Crippen LogP contribution >= 0.6 is 0 Å². The van der Waals surface area contributed by atoms with Crippen LogP contribution in [0.5, 0.6) is 0 Å². The molecule has 0 saturated heterocycles. The van der Waals surface area contributed by atoms with Crippen molar-refractivity contribution in [2.45, 2.75) is 491 Å². The molecule has 0 aromatic rings. The van der Waals surface area contributed by atoms with Crippen molar-refractivity contribution in [1.82, 2.24) is 0 Å². The lowest BCUT2D eigenvalue weighted by atomic mass is 9.34. The van der Waals surface area contributed by atoms with Crippen molar-refractivity contribution in [1.29, 1.82) is 0 Å². The summed E-state index contributed by atoms with van der Waals surface area (Å²) >= 11 is 0. The lowest BCUT2D eigenvalue weighted by Crippen LogP contribution is -2.63. The standard InChI is InChI=1S/C97H186/c1-76-66-56-46-36-26-20-21-27-37-47-57-67-89-68-58-48-38-28-22-32-42-52-62-72-94(76,16)96(18)74-64-54-44-34-24-30-40-50-60-70-91(89)92-71-61-51-41-31-25-35-45-55-65-75-97(96,19)95(17)73-63-53-43-33-23-29-39-49-59-69-90(92)87(12)85(10)83(8)81(6)79(4)77(2)78(3)80(5)82(7)84(9)86(11)88(13)93(95,14)15/h76-92H,20-75H2,1-19H3. The molecular formula is C97H186. The van der Waals surface area contributed by atoms with Crippen LogP contribution in [0.1, 0.15) is 491 Å². The van der Waals surface area contributed by atoms with Gasteiger partial charge in [-0.3, -0.25) is 0 Å². The fourth-order valence-electron chi connectivity index (χ4n) is 25.0. The van der Waals surface area contributed by atoms with Crippen LogP contribution in [-0.2, 0) is 0 Å².